The van der Waals surface area contributed by atoms with E-state index < -0.39 is 0 Å². The number of likely N-dealkylation sites (N-methyl/N-ethyl adjacent to an activating group) is 1. The molecule has 1 saturated heterocycles. The molecule has 17 heavy (non-hydrogen) atoms. The Morgan fingerprint density at radius 2 is 2.41 bits per heavy atom. The van der Waals surface area contributed by atoms with Crippen molar-refractivity contribution in [3.63, 3.8) is 0 Å². The lowest BCUT2D eigenvalue weighted by Gasteiger charge is -2.10. The van der Waals surface area contributed by atoms with E-state index in [4.69, 9.17) is 11.6 Å². The largest absolute Gasteiger partial charge is 0.303 e. The summed E-state index contributed by atoms with van der Waals surface area (Å²) >= 11 is 5.94. The maximum Gasteiger partial charge on any atom is 0.157 e. The van der Waals surface area contributed by atoms with Gasteiger partial charge in [-0.15, -0.1) is 0 Å². The summed E-state index contributed by atoms with van der Waals surface area (Å²) in [6, 6.07) is 3.69. The van der Waals surface area contributed by atoms with Gasteiger partial charge >= 0.3 is 0 Å². The van der Waals surface area contributed by atoms with Crippen LogP contribution in [0.5, 0.6) is 0 Å². The highest BCUT2D eigenvalue weighted by Gasteiger charge is 2.25. The molecule has 0 aromatic carbocycles. The third kappa shape index (κ3) is 2.03. The summed E-state index contributed by atoms with van der Waals surface area (Å²) < 4.78 is 1.80. The lowest BCUT2D eigenvalue weighted by molar-refractivity contribution is 0.352. The summed E-state index contributed by atoms with van der Waals surface area (Å²) in [7, 11) is 0. The maximum absolute atomic E-state index is 5.94. The molecule has 0 saturated carbocycles. The van der Waals surface area contributed by atoms with Crippen LogP contribution in [0.15, 0.2) is 18.3 Å². The number of fused-ring (bicyclic) bond motifs is 1. The van der Waals surface area contributed by atoms with Crippen LogP contribution in [0.4, 0.5) is 0 Å². The standard InChI is InChI=1S/C12H15ClN4/c1-2-16-5-3-9(8-16)12-14-11-7-10(13)4-6-17(11)15-12/h4,6-7,9H,2-3,5,8H2,1H3. The van der Waals surface area contributed by atoms with Crippen LogP contribution >= 0.6 is 11.6 Å². The number of aromatic nitrogens is 3. The molecular formula is C12H15ClN4. The minimum Gasteiger partial charge on any atom is -0.303 e. The van der Waals surface area contributed by atoms with Crippen molar-refractivity contribution in [2.75, 3.05) is 19.6 Å². The van der Waals surface area contributed by atoms with E-state index in [2.05, 4.69) is 21.9 Å². The molecule has 3 rings (SSSR count). The van der Waals surface area contributed by atoms with E-state index in [-0.39, 0.29) is 0 Å². The zero-order valence-electron chi connectivity index (χ0n) is 9.80. The van der Waals surface area contributed by atoms with Gasteiger partial charge < -0.3 is 4.90 Å². The minimum absolute atomic E-state index is 0.466. The Hall–Kier alpha value is -1.13. The van der Waals surface area contributed by atoms with E-state index in [0.29, 0.717) is 10.9 Å². The van der Waals surface area contributed by atoms with Gasteiger partial charge in [-0.05, 0) is 25.6 Å². The summed E-state index contributed by atoms with van der Waals surface area (Å²) in [5.41, 5.74) is 0.836. The summed E-state index contributed by atoms with van der Waals surface area (Å²) in [5, 5.41) is 5.23. The number of rotatable bonds is 2. The molecule has 1 atom stereocenters. The molecule has 5 heteroatoms. The number of pyridine rings is 1. The van der Waals surface area contributed by atoms with Crippen LogP contribution in [0.25, 0.3) is 5.65 Å². The Morgan fingerprint density at radius 1 is 1.53 bits per heavy atom. The van der Waals surface area contributed by atoms with Crippen molar-refractivity contribution in [1.82, 2.24) is 19.5 Å². The fraction of sp³-hybridized carbons (Fsp3) is 0.500. The van der Waals surface area contributed by atoms with Crippen LogP contribution in [0.3, 0.4) is 0 Å². The SMILES string of the molecule is CCN1CCC(c2nc3cc(Cl)ccn3n2)C1. The quantitative estimate of drug-likeness (QED) is 0.819. The van der Waals surface area contributed by atoms with E-state index >= 15 is 0 Å². The van der Waals surface area contributed by atoms with Gasteiger partial charge in [0.1, 0.15) is 0 Å². The van der Waals surface area contributed by atoms with Crippen molar-refractivity contribution >= 4 is 17.2 Å². The number of hydrogen-bond donors (Lipinski definition) is 0. The van der Waals surface area contributed by atoms with Crippen molar-refractivity contribution in [3.8, 4) is 0 Å². The Kier molecular flexibility index (Phi) is 2.76. The number of nitrogens with zero attached hydrogens (tertiary/aromatic N) is 4. The lowest BCUT2D eigenvalue weighted by Crippen LogP contribution is -2.19. The second-order valence-electron chi connectivity index (χ2n) is 4.50. The Bertz CT molecular complexity index is 536. The van der Waals surface area contributed by atoms with E-state index in [9.17, 15) is 0 Å². The first-order chi connectivity index (χ1) is 8.26. The first-order valence-electron chi connectivity index (χ1n) is 6.00. The highest BCUT2D eigenvalue weighted by Crippen LogP contribution is 2.25. The van der Waals surface area contributed by atoms with Crippen molar-refractivity contribution in [2.45, 2.75) is 19.3 Å². The maximum atomic E-state index is 5.94. The van der Waals surface area contributed by atoms with Crippen LogP contribution in [0, 0.1) is 0 Å². The molecular weight excluding hydrogens is 236 g/mol. The first-order valence-corrected chi connectivity index (χ1v) is 6.38. The molecule has 0 aliphatic carbocycles. The van der Waals surface area contributed by atoms with Crippen molar-refractivity contribution in [1.29, 1.82) is 0 Å². The van der Waals surface area contributed by atoms with Crippen LogP contribution in [-0.4, -0.2) is 39.1 Å². The number of hydrogen-bond acceptors (Lipinski definition) is 3. The zero-order valence-corrected chi connectivity index (χ0v) is 10.6. The van der Waals surface area contributed by atoms with Gasteiger partial charge in [-0.25, -0.2) is 9.50 Å². The molecule has 1 aliphatic heterocycles. The Labute approximate surface area is 105 Å². The molecule has 2 aromatic rings. The van der Waals surface area contributed by atoms with Crippen molar-refractivity contribution in [2.24, 2.45) is 0 Å². The molecule has 1 fully saturated rings. The molecule has 0 bridgehead atoms. The smallest absolute Gasteiger partial charge is 0.157 e. The molecule has 0 N–H and O–H groups in total. The normalized spacial score (nSPS) is 21.4. The topological polar surface area (TPSA) is 33.4 Å². The van der Waals surface area contributed by atoms with Gasteiger partial charge in [0.2, 0.25) is 0 Å². The van der Waals surface area contributed by atoms with Crippen molar-refractivity contribution < 1.29 is 0 Å². The van der Waals surface area contributed by atoms with Crippen LogP contribution in [-0.2, 0) is 0 Å². The fourth-order valence-corrected chi connectivity index (χ4v) is 2.53. The third-order valence-electron chi connectivity index (χ3n) is 3.40. The van der Waals surface area contributed by atoms with Gasteiger partial charge in [0.15, 0.2) is 11.5 Å². The minimum atomic E-state index is 0.466. The first kappa shape index (κ1) is 11.0. The van der Waals surface area contributed by atoms with Gasteiger partial charge in [0.25, 0.3) is 0 Å². The van der Waals surface area contributed by atoms with Gasteiger partial charge in [0, 0.05) is 29.7 Å². The van der Waals surface area contributed by atoms with Crippen LogP contribution < -0.4 is 0 Å². The fourth-order valence-electron chi connectivity index (χ4n) is 2.38. The highest BCUT2D eigenvalue weighted by atomic mass is 35.5. The molecule has 2 aromatic heterocycles. The predicted molar refractivity (Wildman–Crippen MR) is 67.5 cm³/mol. The second-order valence-corrected chi connectivity index (χ2v) is 4.93. The highest BCUT2D eigenvalue weighted by molar-refractivity contribution is 6.30. The molecule has 0 spiro atoms. The van der Waals surface area contributed by atoms with E-state index in [1.807, 2.05) is 18.3 Å². The lowest BCUT2D eigenvalue weighted by atomic mass is 10.1. The summed E-state index contributed by atoms with van der Waals surface area (Å²) in [6.45, 7) is 5.52. The van der Waals surface area contributed by atoms with Gasteiger partial charge in [-0.3, -0.25) is 0 Å². The third-order valence-corrected chi connectivity index (χ3v) is 3.64. The van der Waals surface area contributed by atoms with Crippen LogP contribution in [0.2, 0.25) is 5.02 Å². The average molecular weight is 251 g/mol. The molecule has 3 heterocycles. The monoisotopic (exact) mass is 250 g/mol. The van der Waals surface area contributed by atoms with E-state index in [1.54, 1.807) is 4.52 Å². The average Bonchev–Trinajstić information content (AvgIpc) is 2.93. The van der Waals surface area contributed by atoms with Gasteiger partial charge in [-0.1, -0.05) is 18.5 Å². The number of likely N-dealkylation sites (tertiary alicyclic amines) is 1. The Morgan fingerprint density at radius 3 is 3.18 bits per heavy atom. The molecule has 0 amide bonds. The predicted octanol–water partition coefficient (Wildman–Crippen LogP) is 2.19. The second kappa shape index (κ2) is 4.27. The van der Waals surface area contributed by atoms with Gasteiger partial charge in [0.05, 0.1) is 0 Å². The summed E-state index contributed by atoms with van der Waals surface area (Å²) in [6.07, 6.45) is 3.01. The van der Waals surface area contributed by atoms with E-state index in [0.717, 1.165) is 37.5 Å². The summed E-state index contributed by atoms with van der Waals surface area (Å²) in [4.78, 5) is 7.00. The molecule has 4 nitrogen and oxygen atoms in total. The molecule has 90 valence electrons. The van der Waals surface area contributed by atoms with Gasteiger partial charge in [-0.2, -0.15) is 5.10 Å². The molecule has 1 unspecified atom stereocenters. The van der Waals surface area contributed by atoms with Crippen LogP contribution in [0.1, 0.15) is 25.1 Å². The van der Waals surface area contributed by atoms with E-state index in [1.165, 1.54) is 0 Å². The Balaban J connectivity index is 1.91. The number of halogens is 1. The van der Waals surface area contributed by atoms with Crippen molar-refractivity contribution in [3.05, 3.63) is 29.2 Å². The molecule has 0 radical (unpaired) electrons. The summed E-state index contributed by atoms with van der Waals surface area (Å²) in [5.74, 6) is 1.41. The molecule has 1 aliphatic rings. The zero-order chi connectivity index (χ0) is 11.8.